The van der Waals surface area contributed by atoms with Crippen LogP contribution in [0.25, 0.3) is 6.08 Å². The summed E-state index contributed by atoms with van der Waals surface area (Å²) in [5.74, 6) is -1.30. The highest BCUT2D eigenvalue weighted by Gasteiger charge is 2.33. The van der Waals surface area contributed by atoms with Crippen LogP contribution >= 0.6 is 24.0 Å². The van der Waals surface area contributed by atoms with Crippen LogP contribution in [0.5, 0.6) is 0 Å². The van der Waals surface area contributed by atoms with Crippen molar-refractivity contribution in [1.82, 2.24) is 0 Å². The number of carboxylic acids is 1. The zero-order valence-corrected chi connectivity index (χ0v) is 14.6. The van der Waals surface area contributed by atoms with Gasteiger partial charge in [0.1, 0.15) is 0 Å². The van der Waals surface area contributed by atoms with Crippen molar-refractivity contribution >= 4 is 51.9 Å². The van der Waals surface area contributed by atoms with Gasteiger partial charge in [-0.2, -0.15) is 0 Å². The van der Waals surface area contributed by atoms with E-state index >= 15 is 0 Å². The lowest BCUT2D eigenvalue weighted by atomic mass is 10.2. The minimum Gasteiger partial charge on any atom is -0.478 e. The van der Waals surface area contributed by atoms with Crippen LogP contribution < -0.4 is 4.90 Å². The summed E-state index contributed by atoms with van der Waals surface area (Å²) < 4.78 is 0.381. The number of nitrogens with zero attached hydrogens (tertiary/aromatic N) is 1. The fourth-order valence-electron chi connectivity index (χ4n) is 2.29. The maximum Gasteiger partial charge on any atom is 0.335 e. The molecular formula is C19H13NO3S2. The van der Waals surface area contributed by atoms with Crippen molar-refractivity contribution < 1.29 is 14.7 Å². The summed E-state index contributed by atoms with van der Waals surface area (Å²) in [6, 6.07) is 15.9. The van der Waals surface area contributed by atoms with Gasteiger partial charge in [0.15, 0.2) is 4.32 Å². The third-order valence-corrected chi connectivity index (χ3v) is 4.80. The molecule has 0 unspecified atom stereocenters. The number of amides is 1. The van der Waals surface area contributed by atoms with Crippen LogP contribution in [0, 0.1) is 0 Å². The number of anilines is 1. The molecule has 4 nitrogen and oxygen atoms in total. The van der Waals surface area contributed by atoms with Crippen LogP contribution in [0.1, 0.15) is 15.9 Å². The summed E-state index contributed by atoms with van der Waals surface area (Å²) in [5.41, 5.74) is 1.60. The Morgan fingerprint density at radius 1 is 1.12 bits per heavy atom. The molecule has 1 fully saturated rings. The van der Waals surface area contributed by atoms with E-state index < -0.39 is 5.97 Å². The molecule has 1 aliphatic heterocycles. The average Bonchev–Trinajstić information content (AvgIpc) is 2.90. The van der Waals surface area contributed by atoms with Crippen LogP contribution in [0.4, 0.5) is 5.69 Å². The molecule has 0 spiro atoms. The fourth-order valence-corrected chi connectivity index (χ4v) is 3.54. The van der Waals surface area contributed by atoms with Crippen molar-refractivity contribution in [2.45, 2.75) is 0 Å². The summed E-state index contributed by atoms with van der Waals surface area (Å²) in [6.45, 7) is 0. The third-order valence-electron chi connectivity index (χ3n) is 3.48. The summed E-state index contributed by atoms with van der Waals surface area (Å²) in [7, 11) is 0. The van der Waals surface area contributed by atoms with E-state index in [-0.39, 0.29) is 11.5 Å². The number of carbonyl (C=O) groups is 2. The maximum absolute atomic E-state index is 12.6. The van der Waals surface area contributed by atoms with Gasteiger partial charge in [-0.25, -0.2) is 4.79 Å². The molecule has 2 aromatic carbocycles. The molecule has 0 atom stereocenters. The predicted molar refractivity (Wildman–Crippen MR) is 105 cm³/mol. The molecule has 124 valence electrons. The maximum atomic E-state index is 12.6. The Balaban J connectivity index is 1.83. The van der Waals surface area contributed by atoms with E-state index in [9.17, 15) is 9.59 Å². The van der Waals surface area contributed by atoms with Crippen LogP contribution in [-0.4, -0.2) is 21.3 Å². The molecule has 6 heteroatoms. The van der Waals surface area contributed by atoms with Gasteiger partial charge in [-0.1, -0.05) is 72.5 Å². The summed E-state index contributed by atoms with van der Waals surface area (Å²) in [5, 5.41) is 9.10. The molecule has 1 aliphatic rings. The van der Waals surface area contributed by atoms with Gasteiger partial charge >= 0.3 is 5.97 Å². The molecule has 0 saturated carbocycles. The second kappa shape index (κ2) is 7.46. The zero-order chi connectivity index (χ0) is 17.8. The van der Waals surface area contributed by atoms with E-state index in [1.165, 1.54) is 28.8 Å². The number of hydrogen-bond acceptors (Lipinski definition) is 4. The standard InChI is InChI=1S/C19H13NO3S2/c21-17-16(11-4-8-13-6-2-1-3-7-13)25-19(24)20(17)15-10-5-9-14(12-15)18(22)23/h1-12H,(H,22,23)/b8-4+,16-11-. The lowest BCUT2D eigenvalue weighted by molar-refractivity contribution is -0.113. The van der Waals surface area contributed by atoms with Gasteiger partial charge in [-0.15, -0.1) is 0 Å². The van der Waals surface area contributed by atoms with E-state index in [1.54, 1.807) is 24.3 Å². The second-order valence-electron chi connectivity index (χ2n) is 5.16. The first-order chi connectivity index (χ1) is 12.1. The Kier molecular flexibility index (Phi) is 5.11. The summed E-state index contributed by atoms with van der Waals surface area (Å²) >= 11 is 6.48. The minimum absolute atomic E-state index is 0.111. The number of hydrogen-bond donors (Lipinski definition) is 1. The number of thioether (sulfide) groups is 1. The Hall–Kier alpha value is -2.70. The van der Waals surface area contributed by atoms with Gasteiger partial charge in [0, 0.05) is 0 Å². The third kappa shape index (κ3) is 3.87. The van der Waals surface area contributed by atoms with Crippen molar-refractivity contribution in [1.29, 1.82) is 0 Å². The van der Waals surface area contributed by atoms with E-state index in [2.05, 4.69) is 0 Å². The van der Waals surface area contributed by atoms with Crippen LogP contribution in [0.3, 0.4) is 0 Å². The van der Waals surface area contributed by atoms with E-state index in [1.807, 2.05) is 36.4 Å². The SMILES string of the molecule is O=C(O)c1cccc(N2C(=O)/C(=C/C=C/c3ccccc3)SC2=S)c1. The number of allylic oxidation sites excluding steroid dienone is 2. The Bertz CT molecular complexity index is 904. The van der Waals surface area contributed by atoms with Gasteiger partial charge in [0.25, 0.3) is 5.91 Å². The molecule has 0 bridgehead atoms. The first-order valence-corrected chi connectivity index (χ1v) is 8.62. The second-order valence-corrected chi connectivity index (χ2v) is 6.84. The number of benzene rings is 2. The highest BCUT2D eigenvalue weighted by molar-refractivity contribution is 8.27. The first-order valence-electron chi connectivity index (χ1n) is 7.39. The molecule has 0 aromatic heterocycles. The molecule has 1 amide bonds. The normalized spacial score (nSPS) is 16.2. The fraction of sp³-hybridized carbons (Fsp3) is 0. The van der Waals surface area contributed by atoms with Crippen LogP contribution in [0.2, 0.25) is 0 Å². The van der Waals surface area contributed by atoms with E-state index in [0.717, 1.165) is 5.56 Å². The summed E-state index contributed by atoms with van der Waals surface area (Å²) in [4.78, 5) is 25.6. The number of rotatable bonds is 4. The Morgan fingerprint density at radius 3 is 2.60 bits per heavy atom. The molecule has 0 radical (unpaired) electrons. The zero-order valence-electron chi connectivity index (χ0n) is 13.0. The smallest absolute Gasteiger partial charge is 0.335 e. The predicted octanol–water partition coefficient (Wildman–Crippen LogP) is 4.35. The number of thiocarbonyl (C=S) groups is 1. The van der Waals surface area contributed by atoms with Crippen molar-refractivity contribution in [3.63, 3.8) is 0 Å². The Morgan fingerprint density at radius 2 is 1.88 bits per heavy atom. The van der Waals surface area contributed by atoms with Crippen LogP contribution in [0.15, 0.2) is 71.7 Å². The molecule has 1 saturated heterocycles. The van der Waals surface area contributed by atoms with Gasteiger partial charge in [0.05, 0.1) is 16.2 Å². The quantitative estimate of drug-likeness (QED) is 0.643. The molecule has 1 heterocycles. The highest BCUT2D eigenvalue weighted by atomic mass is 32.2. The van der Waals surface area contributed by atoms with E-state index in [4.69, 9.17) is 17.3 Å². The monoisotopic (exact) mass is 367 g/mol. The summed E-state index contributed by atoms with van der Waals surface area (Å²) in [6.07, 6.45) is 5.42. The van der Waals surface area contributed by atoms with Gasteiger partial charge in [0.2, 0.25) is 0 Å². The first kappa shape index (κ1) is 17.1. The number of aromatic carboxylic acids is 1. The van der Waals surface area contributed by atoms with Crippen molar-refractivity contribution in [3.8, 4) is 0 Å². The molecule has 0 aliphatic carbocycles. The molecule has 25 heavy (non-hydrogen) atoms. The average molecular weight is 367 g/mol. The molecule has 2 aromatic rings. The van der Waals surface area contributed by atoms with Crippen molar-refractivity contribution in [2.24, 2.45) is 0 Å². The largest absolute Gasteiger partial charge is 0.478 e. The van der Waals surface area contributed by atoms with Gasteiger partial charge < -0.3 is 5.11 Å². The Labute approximate surface area is 154 Å². The number of carbonyl (C=O) groups excluding carboxylic acids is 1. The van der Waals surface area contributed by atoms with Gasteiger partial charge in [-0.05, 0) is 29.8 Å². The van der Waals surface area contributed by atoms with Crippen molar-refractivity contribution in [2.75, 3.05) is 4.90 Å². The van der Waals surface area contributed by atoms with E-state index in [0.29, 0.717) is 14.9 Å². The topological polar surface area (TPSA) is 57.6 Å². The lowest BCUT2D eigenvalue weighted by Crippen LogP contribution is -2.27. The lowest BCUT2D eigenvalue weighted by Gasteiger charge is -2.14. The molecule has 3 rings (SSSR count). The van der Waals surface area contributed by atoms with Crippen LogP contribution in [-0.2, 0) is 4.79 Å². The van der Waals surface area contributed by atoms with Crippen molar-refractivity contribution in [3.05, 3.63) is 82.8 Å². The highest BCUT2D eigenvalue weighted by Crippen LogP contribution is 2.35. The molecular weight excluding hydrogens is 354 g/mol. The molecule has 1 N–H and O–H groups in total. The minimum atomic E-state index is -1.05. The van der Waals surface area contributed by atoms with Gasteiger partial charge in [-0.3, -0.25) is 9.69 Å². The number of carboxylic acid groups (broad SMARTS) is 1.